The Morgan fingerprint density at radius 3 is 2.94 bits per heavy atom. The van der Waals surface area contributed by atoms with Crippen molar-refractivity contribution in [2.75, 3.05) is 6.54 Å². The Kier molecular flexibility index (Phi) is 4.09. The Morgan fingerprint density at radius 2 is 2.31 bits per heavy atom. The normalized spacial score (nSPS) is 12.9. The van der Waals surface area contributed by atoms with Crippen molar-refractivity contribution < 1.29 is 0 Å². The molecule has 2 aromatic heterocycles. The maximum atomic E-state index is 4.28. The summed E-state index contributed by atoms with van der Waals surface area (Å²) in [6, 6.07) is 4.71. The van der Waals surface area contributed by atoms with Crippen molar-refractivity contribution in [3.63, 3.8) is 0 Å². The van der Waals surface area contributed by atoms with E-state index >= 15 is 0 Å². The van der Waals surface area contributed by atoms with Gasteiger partial charge in [0.25, 0.3) is 0 Å². The summed E-state index contributed by atoms with van der Waals surface area (Å²) in [6.45, 7) is 5.30. The summed E-state index contributed by atoms with van der Waals surface area (Å²) in [5, 5.41) is 5.67. The molecule has 0 spiro atoms. The van der Waals surface area contributed by atoms with Gasteiger partial charge in [0.1, 0.15) is 0 Å². The smallest absolute Gasteiger partial charge is 0.0798 e. The fraction of sp³-hybridized carbons (Fsp3) is 0.417. The lowest BCUT2D eigenvalue weighted by Crippen LogP contribution is -2.20. The first-order valence-corrected chi connectivity index (χ1v) is 7.19. The number of hydrogen-bond donors (Lipinski definition) is 1. The fourth-order valence-corrected chi connectivity index (χ4v) is 3.23. The minimum absolute atomic E-state index is 0.410. The van der Waals surface area contributed by atoms with Gasteiger partial charge in [-0.05, 0) is 31.7 Å². The summed E-state index contributed by atoms with van der Waals surface area (Å²) in [5.41, 5.74) is 3.07. The lowest BCUT2D eigenvalue weighted by atomic mass is 10.2. The molecule has 4 heteroatoms. The maximum Gasteiger partial charge on any atom is 0.0798 e. The SMILES string of the molecule is Cc1ncsc1C(C)NCCc1cccs1. The van der Waals surface area contributed by atoms with Crippen LogP contribution in [0.1, 0.15) is 28.4 Å². The maximum absolute atomic E-state index is 4.28. The molecule has 0 saturated carbocycles. The highest BCUT2D eigenvalue weighted by Gasteiger charge is 2.09. The summed E-state index contributed by atoms with van der Waals surface area (Å²) in [6.07, 6.45) is 1.11. The van der Waals surface area contributed by atoms with Gasteiger partial charge in [-0.3, -0.25) is 0 Å². The minimum Gasteiger partial charge on any atom is -0.309 e. The van der Waals surface area contributed by atoms with Crippen LogP contribution in [-0.2, 0) is 6.42 Å². The van der Waals surface area contributed by atoms with Crippen LogP contribution in [-0.4, -0.2) is 11.5 Å². The third kappa shape index (κ3) is 2.90. The van der Waals surface area contributed by atoms with Crippen LogP contribution in [0.5, 0.6) is 0 Å². The van der Waals surface area contributed by atoms with E-state index in [1.54, 1.807) is 11.3 Å². The van der Waals surface area contributed by atoms with Gasteiger partial charge < -0.3 is 5.32 Å². The van der Waals surface area contributed by atoms with Crippen molar-refractivity contribution in [3.05, 3.63) is 38.5 Å². The van der Waals surface area contributed by atoms with E-state index < -0.39 is 0 Å². The van der Waals surface area contributed by atoms with Crippen molar-refractivity contribution in [2.24, 2.45) is 0 Å². The van der Waals surface area contributed by atoms with E-state index in [0.29, 0.717) is 6.04 Å². The molecule has 0 bridgehead atoms. The summed E-state index contributed by atoms with van der Waals surface area (Å²) >= 11 is 3.56. The van der Waals surface area contributed by atoms with Crippen LogP contribution in [0.25, 0.3) is 0 Å². The van der Waals surface area contributed by atoms with Crippen molar-refractivity contribution >= 4 is 22.7 Å². The van der Waals surface area contributed by atoms with Crippen LogP contribution in [0, 0.1) is 6.92 Å². The zero-order valence-corrected chi connectivity index (χ0v) is 11.2. The van der Waals surface area contributed by atoms with Crippen LogP contribution in [0.3, 0.4) is 0 Å². The van der Waals surface area contributed by atoms with E-state index in [-0.39, 0.29) is 0 Å². The molecule has 2 rings (SSSR count). The first kappa shape index (κ1) is 11.8. The second kappa shape index (κ2) is 5.57. The van der Waals surface area contributed by atoms with Gasteiger partial charge in [-0.15, -0.1) is 22.7 Å². The zero-order chi connectivity index (χ0) is 11.4. The first-order chi connectivity index (χ1) is 7.77. The molecule has 0 saturated heterocycles. The van der Waals surface area contributed by atoms with Gasteiger partial charge in [-0.25, -0.2) is 4.98 Å². The zero-order valence-electron chi connectivity index (χ0n) is 9.56. The highest BCUT2D eigenvalue weighted by molar-refractivity contribution is 7.10. The Morgan fingerprint density at radius 1 is 1.44 bits per heavy atom. The molecule has 0 aliphatic heterocycles. The molecule has 0 amide bonds. The molecule has 0 aromatic carbocycles. The Hall–Kier alpha value is -0.710. The number of nitrogens with one attached hydrogen (secondary N) is 1. The number of thiazole rings is 1. The topological polar surface area (TPSA) is 24.9 Å². The van der Waals surface area contributed by atoms with Crippen LogP contribution < -0.4 is 5.32 Å². The van der Waals surface area contributed by atoms with Gasteiger partial charge in [-0.2, -0.15) is 0 Å². The van der Waals surface area contributed by atoms with Crippen molar-refractivity contribution in [3.8, 4) is 0 Å². The molecule has 0 aliphatic carbocycles. The third-order valence-electron chi connectivity index (χ3n) is 2.58. The quantitative estimate of drug-likeness (QED) is 0.882. The van der Waals surface area contributed by atoms with Gasteiger partial charge in [0.2, 0.25) is 0 Å². The highest BCUT2D eigenvalue weighted by Crippen LogP contribution is 2.20. The monoisotopic (exact) mass is 252 g/mol. The van der Waals surface area contributed by atoms with E-state index in [1.165, 1.54) is 9.75 Å². The van der Waals surface area contributed by atoms with Crippen LogP contribution >= 0.6 is 22.7 Å². The largest absolute Gasteiger partial charge is 0.309 e. The molecule has 1 N–H and O–H groups in total. The molecule has 2 nitrogen and oxygen atoms in total. The fourth-order valence-electron chi connectivity index (χ4n) is 1.69. The lowest BCUT2D eigenvalue weighted by molar-refractivity contribution is 0.583. The molecule has 1 unspecified atom stereocenters. The molecule has 0 fully saturated rings. The second-order valence-electron chi connectivity index (χ2n) is 3.81. The Balaban J connectivity index is 1.80. The van der Waals surface area contributed by atoms with Crippen molar-refractivity contribution in [2.45, 2.75) is 26.3 Å². The van der Waals surface area contributed by atoms with Crippen LogP contribution in [0.2, 0.25) is 0 Å². The molecule has 0 aliphatic rings. The molecular weight excluding hydrogens is 236 g/mol. The van der Waals surface area contributed by atoms with Crippen LogP contribution in [0.15, 0.2) is 23.0 Å². The molecule has 0 radical (unpaired) electrons. The molecule has 1 atom stereocenters. The number of nitrogens with zero attached hydrogens (tertiary/aromatic N) is 1. The van der Waals surface area contributed by atoms with Crippen molar-refractivity contribution in [1.29, 1.82) is 0 Å². The van der Waals surface area contributed by atoms with E-state index in [1.807, 2.05) is 16.8 Å². The number of hydrogen-bond acceptors (Lipinski definition) is 4. The standard InChI is InChI=1S/C12H16N2S2/c1-9(12-10(2)14-8-16-12)13-6-5-11-4-3-7-15-11/h3-4,7-9,13H,5-6H2,1-2H3. The van der Waals surface area contributed by atoms with E-state index in [4.69, 9.17) is 0 Å². The number of aryl methyl sites for hydroxylation is 1. The van der Waals surface area contributed by atoms with E-state index in [9.17, 15) is 0 Å². The van der Waals surface area contributed by atoms with Gasteiger partial charge >= 0.3 is 0 Å². The summed E-state index contributed by atoms with van der Waals surface area (Å²) < 4.78 is 0. The van der Waals surface area contributed by atoms with E-state index in [2.05, 4.69) is 41.7 Å². The average Bonchev–Trinajstić information content (AvgIpc) is 2.88. The number of rotatable bonds is 5. The van der Waals surface area contributed by atoms with Crippen molar-refractivity contribution in [1.82, 2.24) is 10.3 Å². The summed E-state index contributed by atoms with van der Waals surface area (Å²) in [5.74, 6) is 0. The third-order valence-corrected chi connectivity index (χ3v) is 4.63. The molecule has 16 heavy (non-hydrogen) atoms. The summed E-state index contributed by atoms with van der Waals surface area (Å²) in [4.78, 5) is 7.07. The predicted octanol–water partition coefficient (Wildman–Crippen LogP) is 3.41. The Bertz CT molecular complexity index is 420. The highest BCUT2D eigenvalue weighted by atomic mass is 32.1. The minimum atomic E-state index is 0.410. The van der Waals surface area contributed by atoms with E-state index in [0.717, 1.165) is 18.7 Å². The summed E-state index contributed by atoms with van der Waals surface area (Å²) in [7, 11) is 0. The molecule has 2 aromatic rings. The first-order valence-electron chi connectivity index (χ1n) is 5.43. The number of thiophene rings is 1. The number of aromatic nitrogens is 1. The van der Waals surface area contributed by atoms with Crippen LogP contribution in [0.4, 0.5) is 0 Å². The predicted molar refractivity (Wildman–Crippen MR) is 71.3 cm³/mol. The molecule has 2 heterocycles. The average molecular weight is 252 g/mol. The molecular formula is C12H16N2S2. The molecule has 86 valence electrons. The second-order valence-corrected chi connectivity index (χ2v) is 5.73. The van der Waals surface area contributed by atoms with Gasteiger partial charge in [-0.1, -0.05) is 6.07 Å². The lowest BCUT2D eigenvalue weighted by Gasteiger charge is -2.12. The van der Waals surface area contributed by atoms with Gasteiger partial charge in [0.15, 0.2) is 0 Å². The van der Waals surface area contributed by atoms with Gasteiger partial charge in [0.05, 0.1) is 11.2 Å². The van der Waals surface area contributed by atoms with Gasteiger partial charge in [0, 0.05) is 22.3 Å². The Labute approximate surface area is 104 Å².